The molecular weight excluding hydrogens is 228 g/mol. The van der Waals surface area contributed by atoms with Crippen LogP contribution >= 0.6 is 0 Å². The highest BCUT2D eigenvalue weighted by Gasteiger charge is 2.38. The Morgan fingerprint density at radius 1 is 1.56 bits per heavy atom. The van der Waals surface area contributed by atoms with Crippen LogP contribution in [0.2, 0.25) is 0 Å². The largest absolute Gasteiger partial charge is 0.349 e. The number of aliphatic imine (C=N–C) groups is 1. The van der Waals surface area contributed by atoms with Crippen LogP contribution in [0, 0.1) is 0 Å². The van der Waals surface area contributed by atoms with Crippen molar-refractivity contribution in [3.05, 3.63) is 0 Å². The third-order valence-electron chi connectivity index (χ3n) is 2.55. The fourth-order valence-electron chi connectivity index (χ4n) is 1.74. The van der Waals surface area contributed by atoms with Gasteiger partial charge in [-0.25, -0.2) is 14.3 Å². The number of hydrogen-bond acceptors (Lipinski definition) is 4. The number of nitrogens with one attached hydrogen (secondary N) is 2. The van der Waals surface area contributed by atoms with Gasteiger partial charge in [0.2, 0.25) is 5.96 Å². The van der Waals surface area contributed by atoms with E-state index in [0.717, 1.165) is 6.42 Å². The van der Waals surface area contributed by atoms with Crippen LogP contribution in [0.1, 0.15) is 26.7 Å². The SMILES string of the molecule is CCCN=C(NN)NC1(C)CCS(=O)(=O)C1. The van der Waals surface area contributed by atoms with Crippen molar-refractivity contribution in [1.29, 1.82) is 0 Å². The van der Waals surface area contributed by atoms with Gasteiger partial charge in [-0.05, 0) is 19.8 Å². The molecule has 0 aromatic carbocycles. The maximum absolute atomic E-state index is 11.4. The second-order valence-electron chi connectivity index (χ2n) is 4.40. The summed E-state index contributed by atoms with van der Waals surface area (Å²) < 4.78 is 22.8. The molecule has 4 N–H and O–H groups in total. The first-order valence-electron chi connectivity index (χ1n) is 5.40. The van der Waals surface area contributed by atoms with Crippen molar-refractivity contribution in [3.8, 4) is 0 Å². The summed E-state index contributed by atoms with van der Waals surface area (Å²) in [4.78, 5) is 4.19. The van der Waals surface area contributed by atoms with Gasteiger partial charge < -0.3 is 5.32 Å². The molecule has 0 spiro atoms. The van der Waals surface area contributed by atoms with Crippen LogP contribution in [0.15, 0.2) is 4.99 Å². The minimum absolute atomic E-state index is 0.132. The quantitative estimate of drug-likeness (QED) is 0.268. The third-order valence-corrected chi connectivity index (χ3v) is 4.46. The molecule has 1 heterocycles. The Hall–Kier alpha value is -0.820. The van der Waals surface area contributed by atoms with E-state index >= 15 is 0 Å². The Balaban J connectivity index is 2.65. The van der Waals surface area contributed by atoms with Gasteiger partial charge in [-0.1, -0.05) is 6.92 Å². The van der Waals surface area contributed by atoms with Gasteiger partial charge in [-0.2, -0.15) is 0 Å². The van der Waals surface area contributed by atoms with E-state index in [-0.39, 0.29) is 11.5 Å². The fourth-order valence-corrected chi connectivity index (χ4v) is 3.83. The van der Waals surface area contributed by atoms with Crippen molar-refractivity contribution in [1.82, 2.24) is 10.7 Å². The smallest absolute Gasteiger partial charge is 0.206 e. The van der Waals surface area contributed by atoms with E-state index in [9.17, 15) is 8.42 Å². The highest BCUT2D eigenvalue weighted by atomic mass is 32.2. The Morgan fingerprint density at radius 2 is 2.25 bits per heavy atom. The Labute approximate surface area is 96.6 Å². The summed E-state index contributed by atoms with van der Waals surface area (Å²) in [6.45, 7) is 4.55. The van der Waals surface area contributed by atoms with Crippen LogP contribution in [-0.4, -0.2) is 38.0 Å². The maximum Gasteiger partial charge on any atom is 0.206 e. The van der Waals surface area contributed by atoms with E-state index < -0.39 is 15.4 Å². The zero-order valence-electron chi connectivity index (χ0n) is 9.78. The van der Waals surface area contributed by atoms with Gasteiger partial charge in [-0.3, -0.25) is 10.4 Å². The molecule has 1 fully saturated rings. The lowest BCUT2D eigenvalue weighted by molar-refractivity contribution is 0.464. The molecule has 1 unspecified atom stereocenters. The Bertz CT molecular complexity index is 366. The predicted molar refractivity (Wildman–Crippen MR) is 64.7 cm³/mol. The molecule has 0 aromatic rings. The standard InChI is InChI=1S/C9H20N4O2S/c1-3-5-11-8(13-10)12-9(2)4-6-16(14,15)7-9/h3-7,10H2,1-2H3,(H2,11,12,13). The molecule has 94 valence electrons. The average molecular weight is 248 g/mol. The number of nitrogens with two attached hydrogens (primary N) is 1. The first-order valence-corrected chi connectivity index (χ1v) is 7.22. The Morgan fingerprint density at radius 3 is 2.69 bits per heavy atom. The molecule has 0 aromatic heterocycles. The van der Waals surface area contributed by atoms with Crippen LogP contribution in [-0.2, 0) is 9.84 Å². The zero-order valence-corrected chi connectivity index (χ0v) is 10.6. The molecule has 16 heavy (non-hydrogen) atoms. The van der Waals surface area contributed by atoms with Crippen molar-refractivity contribution in [2.24, 2.45) is 10.8 Å². The third kappa shape index (κ3) is 3.64. The molecule has 1 saturated heterocycles. The van der Waals surface area contributed by atoms with E-state index in [1.807, 2.05) is 13.8 Å². The van der Waals surface area contributed by atoms with Gasteiger partial charge in [0, 0.05) is 6.54 Å². The summed E-state index contributed by atoms with van der Waals surface area (Å²) in [5.41, 5.74) is 2.00. The van der Waals surface area contributed by atoms with Crippen molar-refractivity contribution >= 4 is 15.8 Å². The van der Waals surface area contributed by atoms with Crippen molar-refractivity contribution < 1.29 is 8.42 Å². The number of hydrazine groups is 1. The van der Waals surface area contributed by atoms with E-state index in [4.69, 9.17) is 5.84 Å². The first-order chi connectivity index (χ1) is 7.41. The summed E-state index contributed by atoms with van der Waals surface area (Å²) in [5.74, 6) is 6.14. The first kappa shape index (κ1) is 13.2. The summed E-state index contributed by atoms with van der Waals surface area (Å²) >= 11 is 0. The molecule has 7 heteroatoms. The summed E-state index contributed by atoms with van der Waals surface area (Å²) in [6.07, 6.45) is 1.50. The number of sulfone groups is 1. The summed E-state index contributed by atoms with van der Waals surface area (Å²) in [7, 11) is -2.91. The zero-order chi connectivity index (χ0) is 12.2. The molecular formula is C9H20N4O2S. The van der Waals surface area contributed by atoms with Gasteiger partial charge >= 0.3 is 0 Å². The molecule has 1 rings (SSSR count). The van der Waals surface area contributed by atoms with E-state index in [1.54, 1.807) is 0 Å². The minimum Gasteiger partial charge on any atom is -0.349 e. The lowest BCUT2D eigenvalue weighted by Crippen LogP contribution is -2.53. The van der Waals surface area contributed by atoms with Crippen LogP contribution in [0.3, 0.4) is 0 Å². The van der Waals surface area contributed by atoms with Crippen molar-refractivity contribution in [2.45, 2.75) is 32.2 Å². The highest BCUT2D eigenvalue weighted by Crippen LogP contribution is 2.22. The second kappa shape index (κ2) is 5.01. The van der Waals surface area contributed by atoms with E-state index in [0.29, 0.717) is 18.9 Å². The molecule has 0 radical (unpaired) electrons. The van der Waals surface area contributed by atoms with E-state index in [1.165, 1.54) is 0 Å². The van der Waals surface area contributed by atoms with Crippen LogP contribution in [0.4, 0.5) is 0 Å². The fraction of sp³-hybridized carbons (Fsp3) is 0.889. The number of nitrogens with zero attached hydrogens (tertiary/aromatic N) is 1. The minimum atomic E-state index is -2.91. The summed E-state index contributed by atoms with van der Waals surface area (Å²) in [6, 6.07) is 0. The molecule has 1 aliphatic heterocycles. The number of guanidine groups is 1. The van der Waals surface area contributed by atoms with E-state index in [2.05, 4.69) is 15.7 Å². The number of hydrogen-bond donors (Lipinski definition) is 3. The van der Waals surface area contributed by atoms with Crippen LogP contribution < -0.4 is 16.6 Å². The van der Waals surface area contributed by atoms with Crippen molar-refractivity contribution in [2.75, 3.05) is 18.1 Å². The van der Waals surface area contributed by atoms with Gasteiger partial charge in [0.1, 0.15) is 0 Å². The maximum atomic E-state index is 11.4. The molecule has 1 aliphatic rings. The van der Waals surface area contributed by atoms with Gasteiger partial charge in [-0.15, -0.1) is 0 Å². The molecule has 0 saturated carbocycles. The topological polar surface area (TPSA) is 96.6 Å². The second-order valence-corrected chi connectivity index (χ2v) is 6.59. The van der Waals surface area contributed by atoms with Gasteiger partial charge in [0.25, 0.3) is 0 Å². The van der Waals surface area contributed by atoms with Gasteiger partial charge in [0.15, 0.2) is 9.84 Å². The van der Waals surface area contributed by atoms with Crippen LogP contribution in [0.5, 0.6) is 0 Å². The lowest BCUT2D eigenvalue weighted by Gasteiger charge is -2.25. The molecule has 0 bridgehead atoms. The molecule has 0 aliphatic carbocycles. The number of rotatable bonds is 3. The Kier molecular flexibility index (Phi) is 4.15. The predicted octanol–water partition coefficient (Wildman–Crippen LogP) is -0.617. The van der Waals surface area contributed by atoms with Crippen LogP contribution in [0.25, 0.3) is 0 Å². The molecule has 6 nitrogen and oxygen atoms in total. The normalized spacial score (nSPS) is 29.1. The highest BCUT2D eigenvalue weighted by molar-refractivity contribution is 7.91. The van der Waals surface area contributed by atoms with Crippen molar-refractivity contribution in [3.63, 3.8) is 0 Å². The van der Waals surface area contributed by atoms with Gasteiger partial charge in [0.05, 0.1) is 17.0 Å². The average Bonchev–Trinajstić information content (AvgIpc) is 2.48. The molecule has 1 atom stereocenters. The molecule has 0 amide bonds. The lowest BCUT2D eigenvalue weighted by atomic mass is 10.0. The monoisotopic (exact) mass is 248 g/mol. The summed E-state index contributed by atoms with van der Waals surface area (Å²) in [5, 5.41) is 3.07.